The Balaban J connectivity index is 1.05. The van der Waals surface area contributed by atoms with Crippen molar-refractivity contribution in [2.45, 2.75) is 0 Å². The van der Waals surface area contributed by atoms with Gasteiger partial charge in [-0.25, -0.2) is 15.0 Å². The predicted octanol–water partition coefficient (Wildman–Crippen LogP) is 12.3. The van der Waals surface area contributed by atoms with Gasteiger partial charge in [0.1, 0.15) is 11.2 Å². The third-order valence-corrected chi connectivity index (χ3v) is 9.82. The van der Waals surface area contributed by atoms with Crippen LogP contribution in [0.1, 0.15) is 0 Å². The van der Waals surface area contributed by atoms with Crippen molar-refractivity contribution >= 4 is 32.7 Å². The third kappa shape index (κ3) is 5.80. The van der Waals surface area contributed by atoms with Crippen LogP contribution in [0.3, 0.4) is 0 Å². The molecule has 0 saturated heterocycles. The number of pyridine rings is 1. The number of para-hydroxylation sites is 1. The third-order valence-electron chi connectivity index (χ3n) is 9.82. The SMILES string of the molecule is c1ccc(-c2ccc(-c3nc(-c4ccc(-c5ccc6ccccc6c5)cc4)nc(-c4cncc(-c5ccc6c(c5)oc5ccccc56)c4)n3)cc2)cc1. The van der Waals surface area contributed by atoms with Crippen molar-refractivity contribution in [1.82, 2.24) is 19.9 Å². The van der Waals surface area contributed by atoms with Crippen LogP contribution >= 0.6 is 0 Å². The summed E-state index contributed by atoms with van der Waals surface area (Å²) < 4.78 is 6.20. The number of furan rings is 1. The van der Waals surface area contributed by atoms with Crippen molar-refractivity contribution in [3.05, 3.63) is 182 Å². The number of hydrogen-bond acceptors (Lipinski definition) is 5. The van der Waals surface area contributed by atoms with Gasteiger partial charge < -0.3 is 4.42 Å². The minimum atomic E-state index is 0.551. The molecule has 0 aliphatic heterocycles. The Bertz CT molecular complexity index is 2930. The highest BCUT2D eigenvalue weighted by molar-refractivity contribution is 6.05. The molecule has 10 aromatic rings. The molecule has 53 heavy (non-hydrogen) atoms. The van der Waals surface area contributed by atoms with Crippen LogP contribution in [0.5, 0.6) is 0 Å². The zero-order chi connectivity index (χ0) is 35.1. The molecule has 248 valence electrons. The lowest BCUT2D eigenvalue weighted by atomic mass is 10.00. The molecule has 10 rings (SSSR count). The van der Waals surface area contributed by atoms with Gasteiger partial charge in [-0.05, 0) is 68.9 Å². The smallest absolute Gasteiger partial charge is 0.165 e. The lowest BCUT2D eigenvalue weighted by Crippen LogP contribution is -2.00. The molecule has 0 radical (unpaired) electrons. The van der Waals surface area contributed by atoms with Gasteiger partial charge in [-0.1, -0.05) is 140 Å². The van der Waals surface area contributed by atoms with Crippen LogP contribution in [0.2, 0.25) is 0 Å². The minimum absolute atomic E-state index is 0.551. The molecule has 5 heteroatoms. The monoisotopic (exact) mass is 678 g/mol. The molecular weight excluding hydrogens is 649 g/mol. The predicted molar refractivity (Wildman–Crippen MR) is 215 cm³/mol. The van der Waals surface area contributed by atoms with Gasteiger partial charge in [-0.3, -0.25) is 4.98 Å². The Kier molecular flexibility index (Phi) is 7.40. The summed E-state index contributed by atoms with van der Waals surface area (Å²) in [5.41, 5.74) is 10.8. The summed E-state index contributed by atoms with van der Waals surface area (Å²) in [6, 6.07) is 58.7. The van der Waals surface area contributed by atoms with E-state index in [1.165, 1.54) is 10.8 Å². The zero-order valence-electron chi connectivity index (χ0n) is 28.5. The fourth-order valence-electron chi connectivity index (χ4n) is 7.01. The van der Waals surface area contributed by atoms with Crippen LogP contribution in [-0.4, -0.2) is 19.9 Å². The van der Waals surface area contributed by atoms with E-state index in [1.54, 1.807) is 0 Å². The second-order valence-electron chi connectivity index (χ2n) is 13.2. The van der Waals surface area contributed by atoms with Crippen molar-refractivity contribution in [3.8, 4) is 67.5 Å². The second-order valence-corrected chi connectivity index (χ2v) is 13.2. The molecule has 0 aliphatic rings. The molecule has 0 atom stereocenters. The van der Waals surface area contributed by atoms with E-state index in [9.17, 15) is 0 Å². The molecule has 7 aromatic carbocycles. The fraction of sp³-hybridized carbons (Fsp3) is 0. The molecule has 0 spiro atoms. The molecule has 0 aliphatic carbocycles. The van der Waals surface area contributed by atoms with Crippen LogP contribution < -0.4 is 0 Å². The van der Waals surface area contributed by atoms with Crippen LogP contribution in [0.4, 0.5) is 0 Å². The second kappa shape index (κ2) is 12.8. The van der Waals surface area contributed by atoms with Gasteiger partial charge >= 0.3 is 0 Å². The first-order valence-corrected chi connectivity index (χ1v) is 17.6. The van der Waals surface area contributed by atoms with Crippen molar-refractivity contribution in [2.24, 2.45) is 0 Å². The number of hydrogen-bond donors (Lipinski definition) is 0. The maximum absolute atomic E-state index is 6.20. The average molecular weight is 679 g/mol. The van der Waals surface area contributed by atoms with E-state index in [0.29, 0.717) is 17.5 Å². The minimum Gasteiger partial charge on any atom is -0.456 e. The first-order valence-electron chi connectivity index (χ1n) is 17.6. The van der Waals surface area contributed by atoms with E-state index >= 15 is 0 Å². The number of fused-ring (bicyclic) bond motifs is 4. The molecule has 0 saturated carbocycles. The van der Waals surface area contributed by atoms with Gasteiger partial charge in [-0.2, -0.15) is 0 Å². The number of aromatic nitrogens is 4. The van der Waals surface area contributed by atoms with Gasteiger partial charge in [0.05, 0.1) is 0 Å². The highest BCUT2D eigenvalue weighted by Crippen LogP contribution is 2.34. The van der Waals surface area contributed by atoms with Crippen molar-refractivity contribution in [2.75, 3.05) is 0 Å². The topological polar surface area (TPSA) is 64.7 Å². The molecular formula is C48H30N4O. The lowest BCUT2D eigenvalue weighted by molar-refractivity contribution is 0.669. The van der Waals surface area contributed by atoms with Gasteiger partial charge in [0.25, 0.3) is 0 Å². The standard InChI is InChI=1S/C48H30N4O/c1-2-8-31(9-3-1)33-14-19-35(20-15-33)46-50-47(36-21-16-34(17-22-36)38-23-18-32-10-4-5-11-37(32)26-38)52-48(51-46)41-27-40(29-49-30-41)39-24-25-43-42-12-6-7-13-44(42)53-45(43)28-39/h1-30H. The van der Waals surface area contributed by atoms with E-state index in [1.807, 2.05) is 36.7 Å². The summed E-state index contributed by atoms with van der Waals surface area (Å²) in [5, 5.41) is 4.63. The van der Waals surface area contributed by atoms with E-state index in [2.05, 4.69) is 151 Å². The van der Waals surface area contributed by atoms with Gasteiger partial charge in [0.2, 0.25) is 0 Å². The molecule has 5 nitrogen and oxygen atoms in total. The molecule has 0 N–H and O–H groups in total. The maximum atomic E-state index is 6.20. The van der Waals surface area contributed by atoms with Crippen LogP contribution in [0, 0.1) is 0 Å². The van der Waals surface area contributed by atoms with Crippen LogP contribution in [-0.2, 0) is 0 Å². The highest BCUT2D eigenvalue weighted by atomic mass is 16.3. The quantitative estimate of drug-likeness (QED) is 0.175. The van der Waals surface area contributed by atoms with E-state index in [4.69, 9.17) is 19.4 Å². The Morgan fingerprint density at radius 1 is 0.302 bits per heavy atom. The Morgan fingerprint density at radius 2 is 0.811 bits per heavy atom. The van der Waals surface area contributed by atoms with Crippen LogP contribution in [0.15, 0.2) is 187 Å². The van der Waals surface area contributed by atoms with E-state index in [-0.39, 0.29) is 0 Å². The largest absolute Gasteiger partial charge is 0.456 e. The van der Waals surface area contributed by atoms with Gasteiger partial charge in [0, 0.05) is 45.4 Å². The Hall–Kier alpha value is -7.24. The van der Waals surface area contributed by atoms with Gasteiger partial charge in [0.15, 0.2) is 17.5 Å². The number of benzene rings is 7. The summed E-state index contributed by atoms with van der Waals surface area (Å²) in [6.45, 7) is 0. The van der Waals surface area contributed by atoms with E-state index in [0.717, 1.165) is 72.0 Å². The Labute approximate surface area is 305 Å². The highest BCUT2D eigenvalue weighted by Gasteiger charge is 2.15. The number of nitrogens with zero attached hydrogens (tertiary/aromatic N) is 4. The lowest BCUT2D eigenvalue weighted by Gasteiger charge is -2.11. The summed E-state index contributed by atoms with van der Waals surface area (Å²) in [4.78, 5) is 19.7. The number of rotatable bonds is 6. The molecule has 0 fully saturated rings. The van der Waals surface area contributed by atoms with Gasteiger partial charge in [-0.15, -0.1) is 0 Å². The molecule has 3 heterocycles. The first kappa shape index (κ1) is 30.6. The summed E-state index contributed by atoms with van der Waals surface area (Å²) in [5.74, 6) is 1.74. The zero-order valence-corrected chi connectivity index (χ0v) is 28.5. The van der Waals surface area contributed by atoms with Crippen molar-refractivity contribution < 1.29 is 4.42 Å². The average Bonchev–Trinajstić information content (AvgIpc) is 3.62. The summed E-state index contributed by atoms with van der Waals surface area (Å²) >= 11 is 0. The van der Waals surface area contributed by atoms with Crippen molar-refractivity contribution in [3.63, 3.8) is 0 Å². The molecule has 0 bridgehead atoms. The molecule has 0 unspecified atom stereocenters. The maximum Gasteiger partial charge on any atom is 0.165 e. The first-order chi connectivity index (χ1) is 26.2. The van der Waals surface area contributed by atoms with Crippen molar-refractivity contribution in [1.29, 1.82) is 0 Å². The summed E-state index contributed by atoms with van der Waals surface area (Å²) in [7, 11) is 0. The Morgan fingerprint density at radius 3 is 1.57 bits per heavy atom. The normalized spacial score (nSPS) is 11.4. The molecule has 0 amide bonds. The fourth-order valence-corrected chi connectivity index (χ4v) is 7.01. The van der Waals surface area contributed by atoms with Crippen LogP contribution in [0.25, 0.3) is 100 Å². The summed E-state index contributed by atoms with van der Waals surface area (Å²) in [6.07, 6.45) is 3.68. The molecule has 3 aromatic heterocycles. The van der Waals surface area contributed by atoms with E-state index < -0.39 is 0 Å².